The van der Waals surface area contributed by atoms with Crippen LogP contribution in [0.15, 0.2) is 27.6 Å². The van der Waals surface area contributed by atoms with E-state index in [4.69, 9.17) is 0 Å². The third-order valence-electron chi connectivity index (χ3n) is 3.98. The van der Waals surface area contributed by atoms with Gasteiger partial charge in [0.15, 0.2) is 0 Å². The monoisotopic (exact) mass is 327 g/mol. The third-order valence-corrected chi connectivity index (χ3v) is 4.95. The van der Waals surface area contributed by atoms with Crippen molar-refractivity contribution in [3.05, 3.63) is 28.2 Å². The molecule has 0 unspecified atom stereocenters. The Morgan fingerprint density at radius 3 is 2.78 bits per heavy atom. The van der Waals surface area contributed by atoms with E-state index in [0.717, 1.165) is 22.3 Å². The molecule has 2 rings (SSSR count). The molecule has 0 aliphatic heterocycles. The Morgan fingerprint density at radius 2 is 2.22 bits per heavy atom. The highest BCUT2D eigenvalue weighted by Crippen LogP contribution is 2.43. The van der Waals surface area contributed by atoms with Gasteiger partial charge in [-0.3, -0.25) is 4.79 Å². The van der Waals surface area contributed by atoms with Crippen LogP contribution in [0.25, 0.3) is 0 Å². The van der Waals surface area contributed by atoms with E-state index >= 15 is 0 Å². The van der Waals surface area contributed by atoms with Crippen molar-refractivity contribution < 1.29 is 4.79 Å². The molecule has 0 aromatic heterocycles. The molecule has 0 radical (unpaired) electrons. The van der Waals surface area contributed by atoms with Crippen molar-refractivity contribution in [3.63, 3.8) is 0 Å². The zero-order chi connectivity index (χ0) is 13.2. The van der Waals surface area contributed by atoms with Crippen LogP contribution >= 0.6 is 28.6 Å². The lowest BCUT2D eigenvalue weighted by Crippen LogP contribution is -2.41. The minimum absolute atomic E-state index is 0.0162. The molecule has 0 spiro atoms. The van der Waals surface area contributed by atoms with E-state index in [1.807, 2.05) is 12.1 Å². The number of nitrogens with one attached hydrogen (secondary N) is 1. The van der Waals surface area contributed by atoms with Crippen LogP contribution in [0.1, 0.15) is 43.0 Å². The van der Waals surface area contributed by atoms with Gasteiger partial charge >= 0.3 is 0 Å². The maximum Gasteiger partial charge on any atom is 0.252 e. The van der Waals surface area contributed by atoms with Crippen molar-refractivity contribution in [2.24, 2.45) is 5.41 Å². The molecule has 2 nitrogen and oxygen atoms in total. The van der Waals surface area contributed by atoms with Crippen LogP contribution < -0.4 is 5.32 Å². The van der Waals surface area contributed by atoms with Gasteiger partial charge in [-0.2, -0.15) is 0 Å². The Bertz CT molecular complexity index is 452. The Labute approximate surface area is 122 Å². The average molecular weight is 328 g/mol. The van der Waals surface area contributed by atoms with Crippen LogP contribution in [0, 0.1) is 5.41 Å². The molecule has 0 bridgehead atoms. The fourth-order valence-electron chi connectivity index (χ4n) is 2.38. The first kappa shape index (κ1) is 13.9. The minimum atomic E-state index is -0.0162. The zero-order valence-corrected chi connectivity index (χ0v) is 13.0. The maximum atomic E-state index is 12.1. The normalized spacial score (nSPS) is 17.1. The summed E-state index contributed by atoms with van der Waals surface area (Å²) in [7, 11) is 0. The maximum absolute atomic E-state index is 12.1. The topological polar surface area (TPSA) is 29.1 Å². The third kappa shape index (κ3) is 2.91. The van der Waals surface area contributed by atoms with Crippen LogP contribution in [0.4, 0.5) is 0 Å². The molecule has 0 atom stereocenters. The second-order valence-electron chi connectivity index (χ2n) is 5.05. The molecule has 1 fully saturated rings. The lowest BCUT2D eigenvalue weighted by Gasteiger charge is -2.41. The van der Waals surface area contributed by atoms with Gasteiger partial charge in [-0.1, -0.05) is 13.3 Å². The van der Waals surface area contributed by atoms with Crippen LogP contribution in [0.2, 0.25) is 0 Å². The van der Waals surface area contributed by atoms with Crippen molar-refractivity contribution in [2.75, 3.05) is 6.54 Å². The van der Waals surface area contributed by atoms with Gasteiger partial charge in [0.25, 0.3) is 5.91 Å². The second-order valence-corrected chi connectivity index (χ2v) is 6.42. The fraction of sp³-hybridized carbons (Fsp3) is 0.500. The van der Waals surface area contributed by atoms with Gasteiger partial charge in [0, 0.05) is 15.9 Å². The molecular weight excluding hydrogens is 310 g/mol. The minimum Gasteiger partial charge on any atom is -0.351 e. The molecule has 1 aromatic rings. The number of halogens is 1. The molecular formula is C14H18BrNOS. The van der Waals surface area contributed by atoms with Gasteiger partial charge in [0.1, 0.15) is 0 Å². The first-order valence-electron chi connectivity index (χ1n) is 6.33. The van der Waals surface area contributed by atoms with E-state index in [9.17, 15) is 4.79 Å². The van der Waals surface area contributed by atoms with Crippen LogP contribution in [0.5, 0.6) is 0 Å². The van der Waals surface area contributed by atoms with Crippen molar-refractivity contribution in [1.29, 1.82) is 0 Å². The highest BCUT2D eigenvalue weighted by Gasteiger charge is 2.35. The quantitative estimate of drug-likeness (QED) is 0.802. The summed E-state index contributed by atoms with van der Waals surface area (Å²) < 4.78 is 0.817. The van der Waals surface area contributed by atoms with E-state index in [0.29, 0.717) is 11.0 Å². The largest absolute Gasteiger partial charge is 0.351 e. The van der Waals surface area contributed by atoms with Crippen molar-refractivity contribution in [1.82, 2.24) is 5.32 Å². The first-order chi connectivity index (χ1) is 8.56. The molecule has 98 valence electrons. The highest BCUT2D eigenvalue weighted by molar-refractivity contribution is 9.10. The summed E-state index contributed by atoms with van der Waals surface area (Å²) in [5.41, 5.74) is 1.01. The fourth-order valence-corrected chi connectivity index (χ4v) is 3.01. The Balaban J connectivity index is 2.01. The molecule has 1 aliphatic carbocycles. The van der Waals surface area contributed by atoms with Crippen molar-refractivity contribution >= 4 is 34.5 Å². The van der Waals surface area contributed by atoms with Gasteiger partial charge < -0.3 is 5.32 Å². The van der Waals surface area contributed by atoms with E-state index in [1.165, 1.54) is 19.3 Å². The van der Waals surface area contributed by atoms with E-state index < -0.39 is 0 Å². The van der Waals surface area contributed by atoms with Crippen LogP contribution in [-0.4, -0.2) is 12.5 Å². The van der Waals surface area contributed by atoms with Gasteiger partial charge in [0.05, 0.1) is 5.56 Å². The Morgan fingerprint density at radius 1 is 1.50 bits per heavy atom. The number of amides is 1. The van der Waals surface area contributed by atoms with Crippen LogP contribution in [-0.2, 0) is 0 Å². The van der Waals surface area contributed by atoms with Gasteiger partial charge in [-0.25, -0.2) is 0 Å². The predicted molar refractivity (Wildman–Crippen MR) is 80.3 cm³/mol. The molecule has 1 aromatic carbocycles. The zero-order valence-electron chi connectivity index (χ0n) is 10.5. The Kier molecular flexibility index (Phi) is 4.38. The van der Waals surface area contributed by atoms with E-state index in [1.54, 1.807) is 6.07 Å². The number of carbonyl (C=O) groups is 1. The summed E-state index contributed by atoms with van der Waals surface area (Å²) in [5, 5.41) is 3.06. The Hall–Kier alpha value is -0.480. The van der Waals surface area contributed by atoms with E-state index in [2.05, 4.69) is 40.8 Å². The van der Waals surface area contributed by atoms with Gasteiger partial charge in [-0.05, 0) is 58.8 Å². The number of carbonyl (C=O) groups excluding carboxylic acids is 1. The predicted octanol–water partition coefficient (Wildman–Crippen LogP) is 4.05. The van der Waals surface area contributed by atoms with Crippen molar-refractivity contribution in [3.8, 4) is 0 Å². The summed E-state index contributed by atoms with van der Waals surface area (Å²) in [6, 6.07) is 5.52. The molecule has 4 heteroatoms. The average Bonchev–Trinajstić information content (AvgIpc) is 2.31. The summed E-state index contributed by atoms with van der Waals surface area (Å²) in [4.78, 5) is 12.9. The van der Waals surface area contributed by atoms with Gasteiger partial charge in [-0.15, -0.1) is 12.6 Å². The summed E-state index contributed by atoms with van der Waals surface area (Å²) in [6.45, 7) is 2.99. The highest BCUT2D eigenvalue weighted by atomic mass is 79.9. The number of thiol groups is 1. The summed E-state index contributed by atoms with van der Waals surface area (Å²) in [6.07, 6.45) is 4.90. The molecule has 0 heterocycles. The number of benzene rings is 1. The van der Waals surface area contributed by atoms with E-state index in [-0.39, 0.29) is 5.91 Å². The lowest BCUT2D eigenvalue weighted by molar-refractivity contribution is 0.0849. The molecule has 1 amide bonds. The smallest absolute Gasteiger partial charge is 0.252 e. The molecule has 18 heavy (non-hydrogen) atoms. The van der Waals surface area contributed by atoms with Crippen molar-refractivity contribution in [2.45, 2.75) is 37.5 Å². The SMILES string of the molecule is CCC1(CNC(=O)c2cc(S)ccc2Br)CCC1. The molecule has 1 saturated carbocycles. The molecule has 0 saturated heterocycles. The lowest BCUT2D eigenvalue weighted by atomic mass is 9.67. The first-order valence-corrected chi connectivity index (χ1v) is 7.57. The second kappa shape index (κ2) is 5.66. The van der Waals surface area contributed by atoms with Crippen LogP contribution in [0.3, 0.4) is 0 Å². The molecule has 1 N–H and O–H groups in total. The standard InChI is InChI=1S/C14H18BrNOS/c1-2-14(6-3-7-14)9-16-13(17)11-8-10(18)4-5-12(11)15/h4-5,8,18H,2-3,6-7,9H2,1H3,(H,16,17). The summed E-state index contributed by atoms with van der Waals surface area (Å²) >= 11 is 7.67. The summed E-state index contributed by atoms with van der Waals surface area (Å²) in [5.74, 6) is -0.0162. The number of hydrogen-bond donors (Lipinski definition) is 2. The number of rotatable bonds is 4. The number of hydrogen-bond acceptors (Lipinski definition) is 2. The molecule has 1 aliphatic rings. The van der Waals surface area contributed by atoms with Gasteiger partial charge in [0.2, 0.25) is 0 Å².